The number of halogens is 3. The summed E-state index contributed by atoms with van der Waals surface area (Å²) in [5.74, 6) is 0.551. The third kappa shape index (κ3) is 5.42. The Bertz CT molecular complexity index is 418. The molecule has 0 radical (unpaired) electrons. The molecule has 0 saturated heterocycles. The van der Waals surface area contributed by atoms with Crippen molar-refractivity contribution in [1.82, 2.24) is 0 Å². The number of ether oxygens (including phenoxy) is 1. The summed E-state index contributed by atoms with van der Waals surface area (Å²) in [5, 5.41) is 2.68. The van der Waals surface area contributed by atoms with E-state index in [1.54, 1.807) is 24.3 Å². The molecule has 0 unspecified atom stereocenters. The Balaban J connectivity index is 2.52. The Hall–Kier alpha value is -1.92. The maximum absolute atomic E-state index is 11.9. The second-order valence-electron chi connectivity index (χ2n) is 3.49. The summed E-state index contributed by atoms with van der Waals surface area (Å²) in [7, 11) is 1.51. The second-order valence-corrected chi connectivity index (χ2v) is 3.49. The predicted molar refractivity (Wildman–Crippen MR) is 63.8 cm³/mol. The van der Waals surface area contributed by atoms with Gasteiger partial charge in [0.1, 0.15) is 5.75 Å². The fourth-order valence-corrected chi connectivity index (χ4v) is 1.19. The molecule has 0 bridgehead atoms. The number of nitrogens with zero attached hydrogens (tertiary/aromatic N) is 1. The summed E-state index contributed by atoms with van der Waals surface area (Å²) in [6, 6.07) is 6.83. The van der Waals surface area contributed by atoms with Crippen LogP contribution in [0, 0.1) is 0 Å². The molecule has 0 aliphatic heterocycles. The predicted octanol–water partition coefficient (Wildman–Crippen LogP) is 2.37. The van der Waals surface area contributed by atoms with E-state index in [0.717, 1.165) is 0 Å². The average molecular weight is 261 g/mol. The van der Waals surface area contributed by atoms with Gasteiger partial charge in [0.25, 0.3) is 0 Å². The molecule has 100 valence electrons. The van der Waals surface area contributed by atoms with Gasteiger partial charge in [0, 0.05) is 11.8 Å². The number of methoxy groups -OCH3 is 1. The number of hydrogen-bond acceptors (Lipinski definition) is 2. The van der Waals surface area contributed by atoms with Crippen LogP contribution in [-0.4, -0.2) is 25.8 Å². The Morgan fingerprint density at radius 2 is 2.17 bits per heavy atom. The number of guanidine groups is 1. The standard InChI is InChI=1S/C11H14F3N3O/c1-18-9-4-2-3-8(7-9)17-10(15)16-6-5-11(12,13)14/h2-4,7H,5-6H2,1H3,(H3,15,16,17). The number of nitrogens with one attached hydrogen (secondary N) is 1. The van der Waals surface area contributed by atoms with Crippen molar-refractivity contribution in [3.8, 4) is 5.75 Å². The third-order valence-electron chi connectivity index (χ3n) is 2.02. The van der Waals surface area contributed by atoms with Gasteiger partial charge in [-0.3, -0.25) is 4.99 Å². The zero-order chi connectivity index (χ0) is 13.6. The average Bonchev–Trinajstić information content (AvgIpc) is 2.27. The molecule has 0 fully saturated rings. The summed E-state index contributed by atoms with van der Waals surface area (Å²) in [4.78, 5) is 3.58. The lowest BCUT2D eigenvalue weighted by Crippen LogP contribution is -2.23. The van der Waals surface area contributed by atoms with Crippen molar-refractivity contribution in [2.24, 2.45) is 10.7 Å². The van der Waals surface area contributed by atoms with Crippen LogP contribution in [0.5, 0.6) is 5.75 Å². The second kappa shape index (κ2) is 6.13. The van der Waals surface area contributed by atoms with Crippen LogP contribution in [0.25, 0.3) is 0 Å². The Kier molecular flexibility index (Phi) is 4.82. The van der Waals surface area contributed by atoms with Gasteiger partial charge in [-0.2, -0.15) is 13.2 Å². The lowest BCUT2D eigenvalue weighted by atomic mass is 10.3. The van der Waals surface area contributed by atoms with Gasteiger partial charge in [-0.15, -0.1) is 0 Å². The van der Waals surface area contributed by atoms with Gasteiger partial charge in [0.05, 0.1) is 20.1 Å². The number of hydrogen-bond donors (Lipinski definition) is 2. The molecule has 0 aliphatic carbocycles. The summed E-state index contributed by atoms with van der Waals surface area (Å²) >= 11 is 0. The van der Waals surface area contributed by atoms with Crippen molar-refractivity contribution in [2.45, 2.75) is 12.6 Å². The molecule has 1 aromatic rings. The van der Waals surface area contributed by atoms with Crippen molar-refractivity contribution in [2.75, 3.05) is 19.0 Å². The van der Waals surface area contributed by atoms with Crippen molar-refractivity contribution in [3.63, 3.8) is 0 Å². The van der Waals surface area contributed by atoms with Crippen molar-refractivity contribution in [3.05, 3.63) is 24.3 Å². The molecule has 1 rings (SSSR count). The molecule has 0 heterocycles. The normalized spacial score (nSPS) is 12.3. The van der Waals surface area contributed by atoms with Crippen LogP contribution < -0.4 is 15.8 Å². The zero-order valence-electron chi connectivity index (χ0n) is 9.79. The number of benzene rings is 1. The molecular weight excluding hydrogens is 247 g/mol. The minimum atomic E-state index is -4.22. The van der Waals surface area contributed by atoms with Gasteiger partial charge in [-0.25, -0.2) is 0 Å². The third-order valence-corrected chi connectivity index (χ3v) is 2.02. The first-order valence-corrected chi connectivity index (χ1v) is 5.18. The summed E-state index contributed by atoms with van der Waals surface area (Å²) in [6.45, 7) is -0.397. The van der Waals surface area contributed by atoms with Crippen LogP contribution in [0.15, 0.2) is 29.3 Å². The fourth-order valence-electron chi connectivity index (χ4n) is 1.19. The van der Waals surface area contributed by atoms with Crippen LogP contribution in [0.1, 0.15) is 6.42 Å². The van der Waals surface area contributed by atoms with E-state index in [1.807, 2.05) is 0 Å². The highest BCUT2D eigenvalue weighted by atomic mass is 19.4. The van der Waals surface area contributed by atoms with Crippen LogP contribution >= 0.6 is 0 Å². The minimum Gasteiger partial charge on any atom is -0.497 e. The molecule has 0 atom stereocenters. The van der Waals surface area contributed by atoms with E-state index < -0.39 is 19.1 Å². The minimum absolute atomic E-state index is 0.0625. The first-order valence-electron chi connectivity index (χ1n) is 5.18. The van der Waals surface area contributed by atoms with Crippen molar-refractivity contribution in [1.29, 1.82) is 0 Å². The lowest BCUT2D eigenvalue weighted by Gasteiger charge is -2.08. The first-order chi connectivity index (χ1) is 8.40. The molecule has 3 N–H and O–H groups in total. The molecule has 4 nitrogen and oxygen atoms in total. The Morgan fingerprint density at radius 3 is 2.78 bits per heavy atom. The van der Waals surface area contributed by atoms with Gasteiger partial charge < -0.3 is 15.8 Å². The largest absolute Gasteiger partial charge is 0.497 e. The van der Waals surface area contributed by atoms with E-state index in [1.165, 1.54) is 7.11 Å². The number of alkyl halides is 3. The monoisotopic (exact) mass is 261 g/mol. The van der Waals surface area contributed by atoms with Crippen molar-refractivity contribution < 1.29 is 17.9 Å². The molecule has 18 heavy (non-hydrogen) atoms. The number of rotatable bonds is 4. The molecule has 0 saturated carbocycles. The van der Waals surface area contributed by atoms with E-state index in [2.05, 4.69) is 10.3 Å². The van der Waals surface area contributed by atoms with Crippen LogP contribution in [-0.2, 0) is 0 Å². The lowest BCUT2D eigenvalue weighted by molar-refractivity contribution is -0.132. The van der Waals surface area contributed by atoms with E-state index >= 15 is 0 Å². The number of anilines is 1. The van der Waals surface area contributed by atoms with Crippen molar-refractivity contribution >= 4 is 11.6 Å². The molecule has 0 aromatic heterocycles. The van der Waals surface area contributed by atoms with Crippen LogP contribution in [0.2, 0.25) is 0 Å². The number of nitrogens with two attached hydrogens (primary N) is 1. The Morgan fingerprint density at radius 1 is 1.44 bits per heavy atom. The van der Waals surface area contributed by atoms with E-state index in [0.29, 0.717) is 11.4 Å². The molecule has 0 aliphatic rings. The summed E-state index contributed by atoms with van der Waals surface area (Å²) in [5.41, 5.74) is 6.06. The topological polar surface area (TPSA) is 59.6 Å². The van der Waals surface area contributed by atoms with Crippen LogP contribution in [0.4, 0.5) is 18.9 Å². The Labute approximate surface area is 103 Å². The van der Waals surface area contributed by atoms with Gasteiger partial charge in [-0.1, -0.05) is 6.07 Å². The summed E-state index contributed by atoms with van der Waals surface area (Å²) in [6.07, 6.45) is -5.22. The SMILES string of the molecule is COc1cccc(NC(N)=NCCC(F)(F)F)c1. The summed E-state index contributed by atoms with van der Waals surface area (Å²) < 4.78 is 40.6. The molecule has 0 spiro atoms. The highest BCUT2D eigenvalue weighted by Crippen LogP contribution is 2.19. The highest BCUT2D eigenvalue weighted by Gasteiger charge is 2.26. The molecule has 7 heteroatoms. The molecule has 1 aromatic carbocycles. The van der Waals surface area contributed by atoms with Crippen LogP contribution in [0.3, 0.4) is 0 Å². The molecular formula is C11H14F3N3O. The maximum Gasteiger partial charge on any atom is 0.390 e. The highest BCUT2D eigenvalue weighted by molar-refractivity contribution is 5.92. The number of aliphatic imine (C=N–C) groups is 1. The van der Waals surface area contributed by atoms with Gasteiger partial charge in [0.2, 0.25) is 0 Å². The van der Waals surface area contributed by atoms with Gasteiger partial charge in [0.15, 0.2) is 5.96 Å². The van der Waals surface area contributed by atoms with Gasteiger partial charge in [-0.05, 0) is 12.1 Å². The molecule has 0 amide bonds. The first kappa shape index (κ1) is 14.1. The fraction of sp³-hybridized carbons (Fsp3) is 0.364. The zero-order valence-corrected chi connectivity index (χ0v) is 9.79. The smallest absolute Gasteiger partial charge is 0.390 e. The van der Waals surface area contributed by atoms with E-state index in [9.17, 15) is 13.2 Å². The quantitative estimate of drug-likeness (QED) is 0.646. The maximum atomic E-state index is 11.9. The van der Waals surface area contributed by atoms with E-state index in [-0.39, 0.29) is 5.96 Å². The van der Waals surface area contributed by atoms with E-state index in [4.69, 9.17) is 10.5 Å². The van der Waals surface area contributed by atoms with Gasteiger partial charge >= 0.3 is 6.18 Å².